The van der Waals surface area contributed by atoms with E-state index in [9.17, 15) is 0 Å². The van der Waals surface area contributed by atoms with E-state index in [1.54, 1.807) is 11.3 Å². The number of ether oxygens (including phenoxy) is 1. The number of hydrogen-bond acceptors (Lipinski definition) is 5. The van der Waals surface area contributed by atoms with Crippen LogP contribution in [0.5, 0.6) is 11.5 Å². The van der Waals surface area contributed by atoms with Gasteiger partial charge in [-0.05, 0) is 23.4 Å². The number of hydrogen-bond donors (Lipinski definition) is 0. The minimum absolute atomic E-state index is 0. The van der Waals surface area contributed by atoms with Crippen molar-refractivity contribution in [3.05, 3.63) is 152 Å². The van der Waals surface area contributed by atoms with E-state index in [1.165, 1.54) is 0 Å². The molecule has 0 saturated heterocycles. The van der Waals surface area contributed by atoms with Crippen LogP contribution >= 0.6 is 0 Å². The average molecular weight is 726 g/mol. The van der Waals surface area contributed by atoms with Crippen molar-refractivity contribution in [3.63, 3.8) is 0 Å². The van der Waals surface area contributed by atoms with Gasteiger partial charge in [0.25, 0.3) is 0 Å². The summed E-state index contributed by atoms with van der Waals surface area (Å²) in [5, 5.41) is 11.2. The van der Waals surface area contributed by atoms with Gasteiger partial charge < -0.3 is 14.6 Å². The summed E-state index contributed by atoms with van der Waals surface area (Å²) in [7, 11) is 0. The second kappa shape index (κ2) is 12.3. The Balaban J connectivity index is 0.00000316. The molecule has 0 N–H and O–H groups in total. The molecule has 6 nitrogen and oxygen atoms in total. The zero-order chi connectivity index (χ0) is 27.4. The van der Waals surface area contributed by atoms with Crippen molar-refractivity contribution < 1.29 is 25.8 Å². The molecule has 0 radical (unpaired) electrons. The Morgan fingerprint density at radius 3 is 1.90 bits per heavy atom. The maximum absolute atomic E-state index is 6.20. The molecule has 5 aromatic carbocycles. The van der Waals surface area contributed by atoms with Gasteiger partial charge in [-0.15, -0.1) is 43.1 Å². The van der Waals surface area contributed by atoms with Gasteiger partial charge in [0.2, 0.25) is 0 Å². The smallest absolute Gasteiger partial charge is 0.100 e. The topological polar surface area (TPSA) is 45.9 Å². The Morgan fingerprint density at radius 1 is 0.619 bits per heavy atom. The summed E-state index contributed by atoms with van der Waals surface area (Å²) in [4.78, 5) is 1.95. The Kier molecular flexibility index (Phi) is 7.98. The van der Waals surface area contributed by atoms with E-state index < -0.39 is 0 Å². The van der Waals surface area contributed by atoms with Crippen LogP contribution in [0, 0.1) is 18.8 Å². The number of para-hydroxylation sites is 1. The third-order valence-electron chi connectivity index (χ3n) is 6.65. The van der Waals surface area contributed by atoms with E-state index in [1.807, 2.05) is 126 Å². The van der Waals surface area contributed by atoms with Crippen molar-refractivity contribution in [2.75, 3.05) is 9.91 Å². The molecule has 0 unspecified atom stereocenters. The van der Waals surface area contributed by atoms with Crippen molar-refractivity contribution in [1.82, 2.24) is 9.78 Å². The first-order valence-electron chi connectivity index (χ1n) is 13.3. The van der Waals surface area contributed by atoms with Gasteiger partial charge in [-0.1, -0.05) is 84.6 Å². The minimum atomic E-state index is 0. The third kappa shape index (κ3) is 5.76. The van der Waals surface area contributed by atoms with E-state index >= 15 is 0 Å². The SMILES string of the molecule is [Pt].[c-]1c(Oc2[c-]c(-n3cc(-c4ccccc4)c(-c4ccccc4)n3)ccc2)cccc1N1[CH-]N(c2ccccc2)C=N1. The van der Waals surface area contributed by atoms with Gasteiger partial charge in [0.1, 0.15) is 5.69 Å². The van der Waals surface area contributed by atoms with E-state index in [0.717, 1.165) is 39.4 Å². The fraction of sp³-hybridized carbons (Fsp3) is 0. The van der Waals surface area contributed by atoms with Crippen LogP contribution in [0.25, 0.3) is 28.1 Å². The maximum atomic E-state index is 6.20. The first-order chi connectivity index (χ1) is 20.3. The van der Waals surface area contributed by atoms with Crippen LogP contribution in [0.1, 0.15) is 0 Å². The van der Waals surface area contributed by atoms with Crippen LogP contribution in [0.3, 0.4) is 0 Å². The quantitative estimate of drug-likeness (QED) is 0.157. The summed E-state index contributed by atoms with van der Waals surface area (Å²) in [5.74, 6) is 1.13. The fourth-order valence-corrected chi connectivity index (χ4v) is 4.66. The summed E-state index contributed by atoms with van der Waals surface area (Å²) in [6.45, 7) is 1.91. The van der Waals surface area contributed by atoms with E-state index in [-0.39, 0.29) is 21.1 Å². The van der Waals surface area contributed by atoms with Crippen molar-refractivity contribution >= 4 is 17.7 Å². The predicted molar refractivity (Wildman–Crippen MR) is 163 cm³/mol. The second-order valence-corrected chi connectivity index (χ2v) is 9.40. The molecule has 0 atom stereocenters. The molecule has 0 aliphatic carbocycles. The van der Waals surface area contributed by atoms with Crippen LogP contribution in [-0.2, 0) is 21.1 Å². The van der Waals surface area contributed by atoms with Crippen LogP contribution in [0.4, 0.5) is 11.4 Å². The van der Waals surface area contributed by atoms with Crippen molar-refractivity contribution in [2.24, 2.45) is 5.10 Å². The maximum Gasteiger partial charge on any atom is 0.100 e. The minimum Gasteiger partial charge on any atom is -0.509 e. The Morgan fingerprint density at radius 2 is 1.21 bits per heavy atom. The molecular weight excluding hydrogens is 701 g/mol. The molecule has 0 spiro atoms. The second-order valence-electron chi connectivity index (χ2n) is 9.40. The average Bonchev–Trinajstić information content (AvgIpc) is 3.72. The van der Waals surface area contributed by atoms with Gasteiger partial charge >= 0.3 is 0 Å². The summed E-state index contributed by atoms with van der Waals surface area (Å²) in [6, 6.07) is 48.8. The summed E-state index contributed by atoms with van der Waals surface area (Å²) < 4.78 is 8.05. The standard InChI is InChI=1S/C35H24N5O.Pt/c1-4-12-27(13-5-1)34-24-39(37-35(34)28-14-6-2-7-15-28)30-18-10-20-32(22-30)41-33-21-11-19-31(23-33)40-26-38(25-36-40)29-16-8-3-9-17-29;/h1-21,24-26H;/q-3;. The van der Waals surface area contributed by atoms with Gasteiger partial charge in [-0.2, -0.15) is 22.3 Å². The normalized spacial score (nSPS) is 12.3. The van der Waals surface area contributed by atoms with Crippen molar-refractivity contribution in [1.29, 1.82) is 0 Å². The van der Waals surface area contributed by atoms with Crippen LogP contribution in [-0.4, -0.2) is 16.1 Å². The number of aromatic nitrogens is 2. The number of hydrazone groups is 1. The van der Waals surface area contributed by atoms with E-state index in [4.69, 9.17) is 9.84 Å². The first kappa shape index (κ1) is 27.2. The molecule has 0 bridgehead atoms. The summed E-state index contributed by atoms with van der Waals surface area (Å²) in [6.07, 6.45) is 3.81. The van der Waals surface area contributed by atoms with Crippen molar-refractivity contribution in [2.45, 2.75) is 0 Å². The molecular formula is C35H24N5OPt-3. The third-order valence-corrected chi connectivity index (χ3v) is 6.65. The van der Waals surface area contributed by atoms with E-state index in [2.05, 4.69) is 41.5 Å². The zero-order valence-corrected chi connectivity index (χ0v) is 24.6. The van der Waals surface area contributed by atoms with Gasteiger partial charge in [0.15, 0.2) is 0 Å². The molecule has 6 aromatic rings. The number of benzene rings is 5. The largest absolute Gasteiger partial charge is 0.509 e. The molecule has 208 valence electrons. The predicted octanol–water partition coefficient (Wildman–Crippen LogP) is 7.99. The molecule has 2 heterocycles. The van der Waals surface area contributed by atoms with Gasteiger partial charge in [0.05, 0.1) is 6.34 Å². The number of anilines is 2. The fourth-order valence-electron chi connectivity index (χ4n) is 4.66. The van der Waals surface area contributed by atoms with Crippen LogP contribution in [0.15, 0.2) is 139 Å². The molecule has 7 heteroatoms. The molecule has 1 aliphatic heterocycles. The Hall–Kier alpha value is -4.93. The van der Waals surface area contributed by atoms with Crippen molar-refractivity contribution in [3.8, 4) is 39.6 Å². The molecule has 7 rings (SSSR count). The summed E-state index contributed by atoms with van der Waals surface area (Å²) >= 11 is 0. The summed E-state index contributed by atoms with van der Waals surface area (Å²) in [5.41, 5.74) is 6.67. The number of rotatable bonds is 7. The van der Waals surface area contributed by atoms with Gasteiger partial charge in [-0.3, -0.25) is 4.68 Å². The van der Waals surface area contributed by atoms with Crippen LogP contribution < -0.4 is 14.6 Å². The first-order valence-corrected chi connectivity index (χ1v) is 13.3. The zero-order valence-electron chi connectivity index (χ0n) is 22.3. The molecule has 1 aliphatic rings. The van der Waals surface area contributed by atoms with E-state index in [0.29, 0.717) is 11.5 Å². The van der Waals surface area contributed by atoms with Crippen LogP contribution in [0.2, 0.25) is 0 Å². The van der Waals surface area contributed by atoms with Gasteiger partial charge in [0, 0.05) is 55.6 Å². The van der Waals surface area contributed by atoms with Gasteiger partial charge in [-0.25, -0.2) is 0 Å². The molecule has 42 heavy (non-hydrogen) atoms. The number of nitrogens with zero attached hydrogens (tertiary/aromatic N) is 5. The molecule has 1 aromatic heterocycles. The Labute approximate surface area is 259 Å². The molecule has 0 saturated carbocycles. The molecule has 0 amide bonds. The Bertz CT molecular complexity index is 1750. The molecule has 0 fully saturated rings. The monoisotopic (exact) mass is 725 g/mol.